The molecule has 0 radical (unpaired) electrons. The second-order valence-corrected chi connectivity index (χ2v) is 10.1. The SMILES string of the molecule is O=C(CSc1nnc(-c2ccc(Cl)cc2)n1-c1ccccc1)N/N=C\c1ccc(Br)s1. The first kappa shape index (κ1) is 21.8. The Hall–Kier alpha value is -2.46. The largest absolute Gasteiger partial charge is 0.272 e. The van der Waals surface area contributed by atoms with Gasteiger partial charge in [-0.05, 0) is 64.5 Å². The summed E-state index contributed by atoms with van der Waals surface area (Å²) in [5, 5.41) is 13.9. The van der Waals surface area contributed by atoms with Gasteiger partial charge < -0.3 is 0 Å². The molecule has 0 atom stereocenters. The number of benzene rings is 2. The first-order valence-electron chi connectivity index (χ1n) is 9.07. The van der Waals surface area contributed by atoms with Gasteiger partial charge >= 0.3 is 0 Å². The fourth-order valence-electron chi connectivity index (χ4n) is 2.69. The zero-order valence-corrected chi connectivity index (χ0v) is 19.9. The summed E-state index contributed by atoms with van der Waals surface area (Å²) < 4.78 is 2.93. The molecule has 0 saturated carbocycles. The standard InChI is InChI=1S/C21H15BrClN5OS2/c22-18-11-10-17(31-18)12-24-25-19(29)13-30-21-27-26-20(14-6-8-15(23)9-7-14)28(21)16-4-2-1-3-5-16/h1-12H,13H2,(H,25,29)/b24-12-. The summed E-state index contributed by atoms with van der Waals surface area (Å²) in [5.41, 5.74) is 4.33. The lowest BCUT2D eigenvalue weighted by Crippen LogP contribution is -2.19. The van der Waals surface area contributed by atoms with Gasteiger partial charge in [0.15, 0.2) is 11.0 Å². The van der Waals surface area contributed by atoms with E-state index in [0.717, 1.165) is 19.9 Å². The Bertz CT molecular complexity index is 1210. The maximum absolute atomic E-state index is 12.3. The Morgan fingerprint density at radius 1 is 1.13 bits per heavy atom. The molecule has 0 spiro atoms. The number of rotatable bonds is 7. The molecule has 2 heterocycles. The molecule has 0 bridgehead atoms. The number of hydrazone groups is 1. The molecule has 0 saturated heterocycles. The number of nitrogens with one attached hydrogen (secondary N) is 1. The van der Waals surface area contributed by atoms with Gasteiger partial charge in [0.25, 0.3) is 5.91 Å². The van der Waals surface area contributed by atoms with Crippen LogP contribution in [0.5, 0.6) is 0 Å². The molecule has 4 rings (SSSR count). The Balaban J connectivity index is 1.50. The minimum atomic E-state index is -0.229. The predicted octanol–water partition coefficient (Wildman–Crippen LogP) is 5.65. The van der Waals surface area contributed by atoms with Crippen molar-refractivity contribution in [1.29, 1.82) is 0 Å². The quantitative estimate of drug-likeness (QED) is 0.190. The molecule has 0 aliphatic carbocycles. The van der Waals surface area contributed by atoms with Crippen LogP contribution in [0.2, 0.25) is 5.02 Å². The number of para-hydroxylation sites is 1. The lowest BCUT2D eigenvalue weighted by atomic mass is 10.2. The van der Waals surface area contributed by atoms with Crippen LogP contribution in [-0.2, 0) is 4.79 Å². The van der Waals surface area contributed by atoms with Crippen molar-refractivity contribution in [2.45, 2.75) is 5.16 Å². The van der Waals surface area contributed by atoms with Gasteiger partial charge in [-0.2, -0.15) is 5.10 Å². The van der Waals surface area contributed by atoms with Crippen LogP contribution in [0.1, 0.15) is 4.88 Å². The molecule has 31 heavy (non-hydrogen) atoms. The van der Waals surface area contributed by atoms with E-state index in [0.29, 0.717) is 16.0 Å². The molecule has 6 nitrogen and oxygen atoms in total. The first-order chi connectivity index (χ1) is 15.1. The molecule has 1 N–H and O–H groups in total. The van der Waals surface area contributed by atoms with Crippen molar-refractivity contribution in [3.63, 3.8) is 0 Å². The number of hydrogen-bond acceptors (Lipinski definition) is 6. The van der Waals surface area contributed by atoms with E-state index in [1.807, 2.05) is 71.3 Å². The number of amides is 1. The topological polar surface area (TPSA) is 72.2 Å². The van der Waals surface area contributed by atoms with Gasteiger partial charge in [-0.15, -0.1) is 21.5 Å². The summed E-state index contributed by atoms with van der Waals surface area (Å²) >= 11 is 12.2. The number of carbonyl (C=O) groups excluding carboxylic acids is 1. The molecule has 0 aliphatic rings. The lowest BCUT2D eigenvalue weighted by molar-refractivity contribution is -0.118. The van der Waals surface area contributed by atoms with Crippen molar-refractivity contribution in [3.8, 4) is 17.1 Å². The van der Waals surface area contributed by atoms with Crippen LogP contribution in [0.3, 0.4) is 0 Å². The average molecular weight is 533 g/mol. The third kappa shape index (κ3) is 5.62. The van der Waals surface area contributed by atoms with Gasteiger partial charge in [-0.1, -0.05) is 41.6 Å². The number of hydrogen-bond donors (Lipinski definition) is 1. The fourth-order valence-corrected chi connectivity index (χ4v) is 4.85. The van der Waals surface area contributed by atoms with E-state index in [4.69, 9.17) is 11.6 Å². The number of nitrogens with zero attached hydrogens (tertiary/aromatic N) is 4. The number of aromatic nitrogens is 3. The number of thioether (sulfide) groups is 1. The van der Waals surface area contributed by atoms with Crippen LogP contribution >= 0.6 is 50.6 Å². The molecule has 0 unspecified atom stereocenters. The maximum atomic E-state index is 12.3. The Morgan fingerprint density at radius 3 is 2.61 bits per heavy atom. The normalized spacial score (nSPS) is 11.2. The molecule has 2 aromatic carbocycles. The Morgan fingerprint density at radius 2 is 1.90 bits per heavy atom. The van der Waals surface area contributed by atoms with Crippen LogP contribution in [0.25, 0.3) is 17.1 Å². The van der Waals surface area contributed by atoms with Crippen LogP contribution in [0.4, 0.5) is 0 Å². The van der Waals surface area contributed by atoms with Gasteiger partial charge in [0.2, 0.25) is 0 Å². The first-order valence-corrected chi connectivity index (χ1v) is 12.0. The number of carbonyl (C=O) groups is 1. The van der Waals surface area contributed by atoms with Crippen LogP contribution in [0, 0.1) is 0 Å². The molecular formula is C21H15BrClN5OS2. The summed E-state index contributed by atoms with van der Waals surface area (Å²) in [5.74, 6) is 0.594. The second kappa shape index (κ2) is 10.2. The molecule has 0 aliphatic heterocycles. The highest BCUT2D eigenvalue weighted by atomic mass is 79.9. The summed E-state index contributed by atoms with van der Waals surface area (Å²) in [4.78, 5) is 13.2. The fraction of sp³-hybridized carbons (Fsp3) is 0.0476. The third-order valence-corrected chi connectivity index (χ3v) is 6.80. The minimum absolute atomic E-state index is 0.150. The van der Waals surface area contributed by atoms with Crippen molar-refractivity contribution in [3.05, 3.63) is 80.4 Å². The smallest absolute Gasteiger partial charge is 0.250 e. The molecule has 0 fully saturated rings. The summed E-state index contributed by atoms with van der Waals surface area (Å²) in [7, 11) is 0. The monoisotopic (exact) mass is 531 g/mol. The van der Waals surface area contributed by atoms with Gasteiger partial charge in [0, 0.05) is 21.2 Å². The molecular weight excluding hydrogens is 518 g/mol. The van der Waals surface area contributed by atoms with Crippen molar-refractivity contribution in [2.24, 2.45) is 5.10 Å². The maximum Gasteiger partial charge on any atom is 0.250 e. The Kier molecular flexibility index (Phi) is 7.18. The highest BCUT2D eigenvalue weighted by molar-refractivity contribution is 9.11. The van der Waals surface area contributed by atoms with Crippen LogP contribution in [0.15, 0.2) is 80.8 Å². The van der Waals surface area contributed by atoms with Gasteiger partial charge in [0.1, 0.15) is 0 Å². The van der Waals surface area contributed by atoms with Crippen molar-refractivity contribution in [1.82, 2.24) is 20.2 Å². The highest BCUT2D eigenvalue weighted by Crippen LogP contribution is 2.28. The van der Waals surface area contributed by atoms with E-state index in [1.54, 1.807) is 6.21 Å². The molecule has 2 aromatic heterocycles. The summed E-state index contributed by atoms with van der Waals surface area (Å²) in [6.07, 6.45) is 1.61. The molecule has 1 amide bonds. The zero-order valence-electron chi connectivity index (χ0n) is 15.9. The van der Waals surface area contributed by atoms with Crippen LogP contribution < -0.4 is 5.43 Å². The summed E-state index contributed by atoms with van der Waals surface area (Å²) in [6.45, 7) is 0. The van der Waals surface area contributed by atoms with E-state index >= 15 is 0 Å². The summed E-state index contributed by atoms with van der Waals surface area (Å²) in [6, 6.07) is 21.0. The molecule has 10 heteroatoms. The second-order valence-electron chi connectivity index (χ2n) is 6.21. The van der Waals surface area contributed by atoms with Gasteiger partial charge in [-0.25, -0.2) is 5.43 Å². The van der Waals surface area contributed by atoms with Gasteiger partial charge in [-0.3, -0.25) is 9.36 Å². The Labute approximate surface area is 200 Å². The number of thiophene rings is 1. The molecule has 156 valence electrons. The molecule has 4 aromatic rings. The van der Waals surface area contributed by atoms with Gasteiger partial charge in [0.05, 0.1) is 15.8 Å². The number of halogens is 2. The van der Waals surface area contributed by atoms with E-state index < -0.39 is 0 Å². The van der Waals surface area contributed by atoms with Crippen LogP contribution in [-0.4, -0.2) is 32.6 Å². The third-order valence-electron chi connectivity index (χ3n) is 4.06. The highest BCUT2D eigenvalue weighted by Gasteiger charge is 2.17. The lowest BCUT2D eigenvalue weighted by Gasteiger charge is -2.10. The minimum Gasteiger partial charge on any atom is -0.272 e. The van der Waals surface area contributed by atoms with Crippen molar-refractivity contribution in [2.75, 3.05) is 5.75 Å². The van der Waals surface area contributed by atoms with E-state index in [9.17, 15) is 4.79 Å². The predicted molar refractivity (Wildman–Crippen MR) is 130 cm³/mol. The van der Waals surface area contributed by atoms with E-state index in [2.05, 4.69) is 36.7 Å². The average Bonchev–Trinajstić information content (AvgIpc) is 3.39. The van der Waals surface area contributed by atoms with E-state index in [1.165, 1.54) is 23.1 Å². The van der Waals surface area contributed by atoms with Crippen molar-refractivity contribution < 1.29 is 4.79 Å². The zero-order chi connectivity index (χ0) is 21.6. The van der Waals surface area contributed by atoms with E-state index in [-0.39, 0.29) is 11.7 Å². The van der Waals surface area contributed by atoms with Crippen molar-refractivity contribution >= 4 is 62.8 Å².